The first-order chi connectivity index (χ1) is 8.81. The van der Waals surface area contributed by atoms with Crippen LogP contribution in [0, 0.1) is 22.7 Å². The van der Waals surface area contributed by atoms with Crippen LogP contribution < -0.4 is 0 Å². The second-order valence-corrected chi connectivity index (χ2v) is 6.19. The summed E-state index contributed by atoms with van der Waals surface area (Å²) in [5.74, 6) is 0.815. The summed E-state index contributed by atoms with van der Waals surface area (Å²) in [4.78, 5) is 0. The Hall–Kier alpha value is -1.29. The number of benzene rings is 1. The van der Waals surface area contributed by atoms with Gasteiger partial charge in [0.05, 0.1) is 11.5 Å². The zero-order chi connectivity index (χ0) is 12.4. The molecule has 1 unspecified atom stereocenters. The van der Waals surface area contributed by atoms with Crippen molar-refractivity contribution in [2.75, 3.05) is 0 Å². The van der Waals surface area contributed by atoms with E-state index in [-0.39, 0.29) is 5.41 Å². The molecule has 0 bridgehead atoms. The van der Waals surface area contributed by atoms with Gasteiger partial charge in [-0.2, -0.15) is 5.26 Å². The molecular formula is C17H21N. The van der Waals surface area contributed by atoms with Gasteiger partial charge >= 0.3 is 0 Å². The van der Waals surface area contributed by atoms with Gasteiger partial charge in [0.25, 0.3) is 0 Å². The predicted molar refractivity (Wildman–Crippen MR) is 73.1 cm³/mol. The van der Waals surface area contributed by atoms with Crippen molar-refractivity contribution in [1.82, 2.24) is 0 Å². The molecule has 0 aromatic heterocycles. The van der Waals surface area contributed by atoms with E-state index in [4.69, 9.17) is 0 Å². The molecule has 2 aliphatic carbocycles. The van der Waals surface area contributed by atoms with Crippen LogP contribution in [0.3, 0.4) is 0 Å². The molecule has 0 N–H and O–H groups in total. The standard InChI is InChI=1S/C17H21N/c18-13-17(11-14-5-1-2-6-14)10-9-15-7-3-4-8-16(15)12-17/h3-4,7-8,14H,1-2,5-6,9-12H2. The molecule has 1 fully saturated rings. The zero-order valence-corrected chi connectivity index (χ0v) is 11.0. The monoisotopic (exact) mass is 239 g/mol. The summed E-state index contributed by atoms with van der Waals surface area (Å²) >= 11 is 0. The van der Waals surface area contributed by atoms with Crippen molar-refractivity contribution in [3.8, 4) is 6.07 Å². The zero-order valence-electron chi connectivity index (χ0n) is 11.0. The van der Waals surface area contributed by atoms with Gasteiger partial charge in [-0.1, -0.05) is 49.9 Å². The van der Waals surface area contributed by atoms with Crippen molar-refractivity contribution >= 4 is 0 Å². The van der Waals surface area contributed by atoms with Gasteiger partial charge in [0, 0.05) is 0 Å². The molecule has 0 radical (unpaired) electrons. The van der Waals surface area contributed by atoms with E-state index in [0.717, 1.165) is 31.6 Å². The molecule has 0 saturated heterocycles. The molecule has 1 aromatic carbocycles. The third-order valence-electron chi connectivity index (χ3n) is 4.91. The van der Waals surface area contributed by atoms with Crippen molar-refractivity contribution in [2.45, 2.75) is 51.4 Å². The van der Waals surface area contributed by atoms with Crippen LogP contribution in [0.15, 0.2) is 24.3 Å². The highest BCUT2D eigenvalue weighted by Gasteiger charge is 2.37. The average Bonchev–Trinajstić information content (AvgIpc) is 2.91. The number of nitriles is 1. The molecule has 0 aliphatic heterocycles. The number of hydrogen-bond acceptors (Lipinski definition) is 1. The van der Waals surface area contributed by atoms with Crippen molar-refractivity contribution in [1.29, 1.82) is 5.26 Å². The summed E-state index contributed by atoms with van der Waals surface area (Å²) in [6, 6.07) is 11.4. The molecule has 1 nitrogen and oxygen atoms in total. The van der Waals surface area contributed by atoms with Crippen molar-refractivity contribution in [2.24, 2.45) is 11.3 Å². The Morgan fingerprint density at radius 1 is 1.17 bits per heavy atom. The highest BCUT2D eigenvalue weighted by atomic mass is 14.4. The lowest BCUT2D eigenvalue weighted by molar-refractivity contribution is 0.259. The number of hydrogen-bond donors (Lipinski definition) is 0. The Bertz CT molecular complexity index is 465. The number of fused-ring (bicyclic) bond motifs is 1. The van der Waals surface area contributed by atoms with Crippen LogP contribution in [0.25, 0.3) is 0 Å². The highest BCUT2D eigenvalue weighted by molar-refractivity contribution is 5.32. The van der Waals surface area contributed by atoms with Gasteiger partial charge in [-0.15, -0.1) is 0 Å². The topological polar surface area (TPSA) is 23.8 Å². The molecule has 18 heavy (non-hydrogen) atoms. The fourth-order valence-electron chi connectivity index (χ4n) is 3.88. The summed E-state index contributed by atoms with van der Waals surface area (Å²) < 4.78 is 0. The molecule has 94 valence electrons. The molecule has 1 saturated carbocycles. The Morgan fingerprint density at radius 3 is 2.61 bits per heavy atom. The Morgan fingerprint density at radius 2 is 1.89 bits per heavy atom. The van der Waals surface area contributed by atoms with Crippen molar-refractivity contribution in [3.05, 3.63) is 35.4 Å². The second kappa shape index (κ2) is 4.76. The van der Waals surface area contributed by atoms with Crippen LogP contribution in [-0.2, 0) is 12.8 Å². The lowest BCUT2D eigenvalue weighted by Gasteiger charge is -2.34. The van der Waals surface area contributed by atoms with Crippen LogP contribution in [0.4, 0.5) is 0 Å². The minimum absolute atomic E-state index is 0.0661. The molecule has 2 aliphatic rings. The molecule has 1 aromatic rings. The smallest absolute Gasteiger partial charge is 0.0693 e. The summed E-state index contributed by atoms with van der Waals surface area (Å²) in [6.07, 6.45) is 9.74. The van der Waals surface area contributed by atoms with Gasteiger partial charge in [0.1, 0.15) is 0 Å². The molecule has 1 atom stereocenters. The molecule has 3 rings (SSSR count). The van der Waals surface area contributed by atoms with Gasteiger partial charge in [0.2, 0.25) is 0 Å². The third kappa shape index (κ3) is 2.17. The lowest BCUT2D eigenvalue weighted by Crippen LogP contribution is -2.29. The Balaban J connectivity index is 1.80. The Labute approximate surface area is 110 Å². The van der Waals surface area contributed by atoms with Gasteiger partial charge in [-0.3, -0.25) is 0 Å². The second-order valence-electron chi connectivity index (χ2n) is 6.19. The van der Waals surface area contributed by atoms with Gasteiger partial charge in [0.15, 0.2) is 0 Å². The maximum atomic E-state index is 9.68. The quantitative estimate of drug-likeness (QED) is 0.756. The Kier molecular flexibility index (Phi) is 3.12. The average molecular weight is 239 g/mol. The van der Waals surface area contributed by atoms with E-state index < -0.39 is 0 Å². The van der Waals surface area contributed by atoms with Crippen LogP contribution in [0.5, 0.6) is 0 Å². The van der Waals surface area contributed by atoms with Crippen molar-refractivity contribution < 1.29 is 0 Å². The number of nitrogens with zero attached hydrogens (tertiary/aromatic N) is 1. The molecular weight excluding hydrogens is 218 g/mol. The van der Waals surface area contributed by atoms with Gasteiger partial charge in [-0.25, -0.2) is 0 Å². The summed E-state index contributed by atoms with van der Waals surface area (Å²) in [6.45, 7) is 0. The molecule has 1 heteroatoms. The SMILES string of the molecule is N#CC1(CC2CCCC2)CCc2ccccc2C1. The van der Waals surface area contributed by atoms with Crippen molar-refractivity contribution in [3.63, 3.8) is 0 Å². The minimum atomic E-state index is -0.0661. The third-order valence-corrected chi connectivity index (χ3v) is 4.91. The maximum absolute atomic E-state index is 9.68. The molecule has 0 spiro atoms. The number of rotatable bonds is 2. The highest BCUT2D eigenvalue weighted by Crippen LogP contribution is 2.43. The van der Waals surface area contributed by atoms with E-state index in [2.05, 4.69) is 30.3 Å². The normalized spacial score (nSPS) is 27.7. The molecule has 0 heterocycles. The largest absolute Gasteiger partial charge is 0.198 e. The minimum Gasteiger partial charge on any atom is -0.198 e. The van der Waals surface area contributed by atoms with E-state index >= 15 is 0 Å². The van der Waals surface area contributed by atoms with Crippen LogP contribution >= 0.6 is 0 Å². The lowest BCUT2D eigenvalue weighted by atomic mass is 9.68. The first-order valence-corrected chi connectivity index (χ1v) is 7.29. The summed E-state index contributed by atoms with van der Waals surface area (Å²) in [5.41, 5.74) is 2.82. The fourth-order valence-corrected chi connectivity index (χ4v) is 3.88. The van der Waals surface area contributed by atoms with E-state index in [0.29, 0.717) is 0 Å². The van der Waals surface area contributed by atoms with Crippen LogP contribution in [-0.4, -0.2) is 0 Å². The summed E-state index contributed by atoms with van der Waals surface area (Å²) in [5, 5.41) is 9.68. The fraction of sp³-hybridized carbons (Fsp3) is 0.588. The van der Waals surface area contributed by atoms with Crippen LogP contribution in [0.2, 0.25) is 0 Å². The van der Waals surface area contributed by atoms with Crippen LogP contribution in [0.1, 0.15) is 49.7 Å². The maximum Gasteiger partial charge on any atom is 0.0693 e. The van der Waals surface area contributed by atoms with E-state index in [1.807, 2.05) is 0 Å². The number of aryl methyl sites for hydroxylation is 1. The first-order valence-electron chi connectivity index (χ1n) is 7.29. The predicted octanol–water partition coefficient (Wildman–Crippen LogP) is 4.27. The first kappa shape index (κ1) is 11.8. The molecule has 0 amide bonds. The van der Waals surface area contributed by atoms with Gasteiger partial charge < -0.3 is 0 Å². The van der Waals surface area contributed by atoms with E-state index in [1.54, 1.807) is 0 Å². The summed E-state index contributed by atoms with van der Waals surface area (Å²) in [7, 11) is 0. The van der Waals surface area contributed by atoms with E-state index in [1.165, 1.54) is 36.8 Å². The van der Waals surface area contributed by atoms with E-state index in [9.17, 15) is 5.26 Å². The van der Waals surface area contributed by atoms with Gasteiger partial charge in [-0.05, 0) is 42.7 Å².